The van der Waals surface area contributed by atoms with Crippen LogP contribution in [0.25, 0.3) is 10.9 Å². The number of aromatic nitrogens is 1. The molecule has 0 bridgehead atoms. The summed E-state index contributed by atoms with van der Waals surface area (Å²) in [6.07, 6.45) is 5.43. The van der Waals surface area contributed by atoms with Gasteiger partial charge >= 0.3 is 6.03 Å². The first-order chi connectivity index (χ1) is 10.8. The van der Waals surface area contributed by atoms with Crippen LogP contribution in [-0.2, 0) is 0 Å². The summed E-state index contributed by atoms with van der Waals surface area (Å²) in [7, 11) is 0. The van der Waals surface area contributed by atoms with E-state index in [1.54, 1.807) is 6.20 Å². The van der Waals surface area contributed by atoms with Gasteiger partial charge < -0.3 is 15.3 Å². The molecule has 5 nitrogen and oxygen atoms in total. The van der Waals surface area contributed by atoms with Crippen LogP contribution < -0.4 is 5.32 Å². The van der Waals surface area contributed by atoms with Crippen molar-refractivity contribution in [3.05, 3.63) is 36.5 Å². The molecule has 3 rings (SSSR count). The second-order valence-electron chi connectivity index (χ2n) is 5.67. The number of carbonyl (C=O) groups excluding carboxylic acids is 1. The molecule has 1 aromatic heterocycles. The van der Waals surface area contributed by atoms with Crippen molar-refractivity contribution >= 4 is 22.6 Å². The topological polar surface area (TPSA) is 65.5 Å². The van der Waals surface area contributed by atoms with Crippen molar-refractivity contribution < 1.29 is 9.90 Å². The van der Waals surface area contributed by atoms with E-state index in [9.17, 15) is 4.79 Å². The maximum absolute atomic E-state index is 12.6. The number of anilines is 1. The lowest BCUT2D eigenvalue weighted by Gasteiger charge is -2.23. The largest absolute Gasteiger partial charge is 0.396 e. The van der Waals surface area contributed by atoms with Crippen molar-refractivity contribution in [1.82, 2.24) is 9.88 Å². The highest BCUT2D eigenvalue weighted by atomic mass is 16.3. The summed E-state index contributed by atoms with van der Waals surface area (Å²) < 4.78 is 0. The van der Waals surface area contributed by atoms with E-state index in [1.807, 2.05) is 35.2 Å². The van der Waals surface area contributed by atoms with Gasteiger partial charge in [-0.1, -0.05) is 18.2 Å². The first-order valence-electron chi connectivity index (χ1n) is 7.82. The van der Waals surface area contributed by atoms with Gasteiger partial charge in [0.2, 0.25) is 0 Å². The first kappa shape index (κ1) is 14.8. The second-order valence-corrected chi connectivity index (χ2v) is 5.67. The van der Waals surface area contributed by atoms with Crippen LogP contribution >= 0.6 is 0 Å². The predicted octanol–water partition coefficient (Wildman–Crippen LogP) is 3.00. The zero-order chi connectivity index (χ0) is 15.4. The van der Waals surface area contributed by atoms with Gasteiger partial charge in [-0.25, -0.2) is 4.79 Å². The minimum Gasteiger partial charge on any atom is -0.396 e. The number of urea groups is 1. The highest BCUT2D eigenvalue weighted by Crippen LogP contribution is 2.28. The fourth-order valence-corrected chi connectivity index (χ4v) is 2.62. The van der Waals surface area contributed by atoms with Gasteiger partial charge in [-0.15, -0.1) is 0 Å². The molecule has 0 saturated heterocycles. The lowest BCUT2D eigenvalue weighted by atomic mass is 10.2. The number of unbranched alkanes of at least 4 members (excludes halogenated alkanes) is 1. The minimum atomic E-state index is -0.0707. The van der Waals surface area contributed by atoms with Gasteiger partial charge in [0.05, 0.1) is 11.2 Å². The number of hydrogen-bond donors (Lipinski definition) is 2. The molecule has 1 aliphatic carbocycles. The number of hydrogen-bond acceptors (Lipinski definition) is 3. The third-order valence-corrected chi connectivity index (χ3v) is 3.93. The Morgan fingerprint density at radius 3 is 2.86 bits per heavy atom. The molecule has 1 heterocycles. The van der Waals surface area contributed by atoms with Crippen LogP contribution in [0.4, 0.5) is 10.5 Å². The number of aliphatic hydroxyl groups excluding tert-OH is 1. The lowest BCUT2D eigenvalue weighted by Crippen LogP contribution is -2.37. The summed E-state index contributed by atoms with van der Waals surface area (Å²) in [6, 6.07) is 9.94. The van der Waals surface area contributed by atoms with Gasteiger partial charge in [-0.3, -0.25) is 4.98 Å². The van der Waals surface area contributed by atoms with Gasteiger partial charge in [0.1, 0.15) is 0 Å². The number of benzene rings is 1. The fourth-order valence-electron chi connectivity index (χ4n) is 2.62. The maximum atomic E-state index is 12.6. The lowest BCUT2D eigenvalue weighted by molar-refractivity contribution is 0.204. The maximum Gasteiger partial charge on any atom is 0.322 e. The van der Waals surface area contributed by atoms with Crippen molar-refractivity contribution in [3.63, 3.8) is 0 Å². The van der Waals surface area contributed by atoms with Crippen molar-refractivity contribution in [2.24, 2.45) is 0 Å². The molecule has 1 aromatic carbocycles. The van der Waals surface area contributed by atoms with Crippen LogP contribution in [0.2, 0.25) is 0 Å². The Hall–Kier alpha value is -2.14. The smallest absolute Gasteiger partial charge is 0.322 e. The third kappa shape index (κ3) is 3.36. The highest BCUT2D eigenvalue weighted by Gasteiger charge is 2.32. The molecule has 0 spiro atoms. The Kier molecular flexibility index (Phi) is 4.53. The van der Waals surface area contributed by atoms with E-state index in [2.05, 4.69) is 10.3 Å². The molecule has 0 unspecified atom stereocenters. The summed E-state index contributed by atoms with van der Waals surface area (Å²) in [6.45, 7) is 0.864. The Morgan fingerprint density at radius 2 is 2.09 bits per heavy atom. The van der Waals surface area contributed by atoms with Gasteiger partial charge in [0, 0.05) is 30.8 Å². The zero-order valence-electron chi connectivity index (χ0n) is 12.5. The Bertz CT molecular complexity index is 650. The monoisotopic (exact) mass is 299 g/mol. The zero-order valence-corrected chi connectivity index (χ0v) is 12.5. The number of carbonyl (C=O) groups is 1. The summed E-state index contributed by atoms with van der Waals surface area (Å²) in [5.41, 5.74) is 1.56. The van der Waals surface area contributed by atoms with Crippen molar-refractivity contribution in [3.8, 4) is 0 Å². The van der Waals surface area contributed by atoms with Gasteiger partial charge in [0.25, 0.3) is 0 Å². The number of aliphatic hydroxyl groups is 1. The standard InChI is InChI=1S/C17H21N3O2/c21-12-2-1-11-20(14-8-9-14)17(22)19-15-7-3-5-13-6-4-10-18-16(13)15/h3-7,10,14,21H,1-2,8-9,11-12H2,(H,19,22). The molecule has 5 heteroatoms. The van der Waals surface area contributed by atoms with E-state index in [-0.39, 0.29) is 12.6 Å². The summed E-state index contributed by atoms with van der Waals surface area (Å²) in [5.74, 6) is 0. The molecule has 2 N–H and O–H groups in total. The van der Waals surface area contributed by atoms with E-state index in [4.69, 9.17) is 5.11 Å². The summed E-state index contributed by atoms with van der Waals surface area (Å²) >= 11 is 0. The summed E-state index contributed by atoms with van der Waals surface area (Å²) in [5, 5.41) is 12.9. The van der Waals surface area contributed by atoms with Crippen molar-refractivity contribution in [2.45, 2.75) is 31.7 Å². The van der Waals surface area contributed by atoms with E-state index in [1.165, 1.54) is 0 Å². The van der Waals surface area contributed by atoms with E-state index in [0.29, 0.717) is 12.6 Å². The average Bonchev–Trinajstić information content (AvgIpc) is 3.36. The quantitative estimate of drug-likeness (QED) is 0.806. The molecule has 1 saturated carbocycles. The molecule has 0 radical (unpaired) electrons. The Labute approximate surface area is 130 Å². The molecule has 116 valence electrons. The van der Waals surface area contributed by atoms with Crippen LogP contribution in [-0.4, -0.2) is 40.2 Å². The molecule has 1 aliphatic rings. The third-order valence-electron chi connectivity index (χ3n) is 3.93. The molecule has 2 aromatic rings. The molecule has 0 aliphatic heterocycles. The number of amides is 2. The van der Waals surface area contributed by atoms with Crippen molar-refractivity contribution in [1.29, 1.82) is 0 Å². The van der Waals surface area contributed by atoms with Crippen molar-refractivity contribution in [2.75, 3.05) is 18.5 Å². The first-order valence-corrected chi connectivity index (χ1v) is 7.82. The SMILES string of the molecule is O=C(Nc1cccc2cccnc12)N(CCCCO)C1CC1. The van der Waals surface area contributed by atoms with E-state index in [0.717, 1.165) is 42.3 Å². The van der Waals surface area contributed by atoms with Crippen LogP contribution in [0.5, 0.6) is 0 Å². The predicted molar refractivity (Wildman–Crippen MR) is 86.8 cm³/mol. The van der Waals surface area contributed by atoms with Crippen LogP contribution in [0.3, 0.4) is 0 Å². The van der Waals surface area contributed by atoms with Gasteiger partial charge in [0.15, 0.2) is 0 Å². The molecule has 22 heavy (non-hydrogen) atoms. The van der Waals surface area contributed by atoms with Gasteiger partial charge in [-0.2, -0.15) is 0 Å². The van der Waals surface area contributed by atoms with E-state index < -0.39 is 0 Å². The number of nitrogens with zero attached hydrogens (tertiary/aromatic N) is 2. The van der Waals surface area contributed by atoms with Gasteiger partial charge in [-0.05, 0) is 37.8 Å². The fraction of sp³-hybridized carbons (Fsp3) is 0.412. The minimum absolute atomic E-state index is 0.0707. The van der Waals surface area contributed by atoms with E-state index >= 15 is 0 Å². The number of pyridine rings is 1. The molecule has 2 amide bonds. The van der Waals surface area contributed by atoms with Crippen LogP contribution in [0.1, 0.15) is 25.7 Å². The normalized spacial score (nSPS) is 14.0. The number of fused-ring (bicyclic) bond motifs is 1. The van der Waals surface area contributed by atoms with Crippen LogP contribution in [0.15, 0.2) is 36.5 Å². The Balaban J connectivity index is 1.73. The number of rotatable bonds is 6. The Morgan fingerprint density at radius 1 is 1.27 bits per heavy atom. The number of para-hydroxylation sites is 1. The number of nitrogens with one attached hydrogen (secondary N) is 1. The van der Waals surface area contributed by atoms with Crippen LogP contribution in [0, 0.1) is 0 Å². The highest BCUT2D eigenvalue weighted by molar-refractivity contribution is 5.99. The molecular weight excluding hydrogens is 278 g/mol. The molecule has 1 fully saturated rings. The second kappa shape index (κ2) is 6.75. The molecular formula is C17H21N3O2. The molecule has 0 atom stereocenters. The summed E-state index contributed by atoms with van der Waals surface area (Å²) in [4.78, 5) is 18.8. The average molecular weight is 299 g/mol.